The molecule has 0 aliphatic heterocycles. The summed E-state index contributed by atoms with van der Waals surface area (Å²) in [6.45, 7) is 9.13. The van der Waals surface area contributed by atoms with Crippen LogP contribution in [0.2, 0.25) is 0 Å². The van der Waals surface area contributed by atoms with E-state index in [1.165, 1.54) is 27.8 Å². The van der Waals surface area contributed by atoms with E-state index in [1.54, 1.807) is 0 Å². The molecule has 1 aliphatic carbocycles. The topological polar surface area (TPSA) is 26.3 Å². The Morgan fingerprint density at radius 3 is 2.68 bits per heavy atom. The largest absolute Gasteiger partial charge is 0.461 e. The molecule has 0 heterocycles. The van der Waals surface area contributed by atoms with Crippen LogP contribution in [-0.2, 0) is 35.4 Å². The van der Waals surface area contributed by atoms with Crippen LogP contribution in [0.5, 0.6) is 0 Å². The lowest BCUT2D eigenvalue weighted by atomic mass is 9.89. The van der Waals surface area contributed by atoms with Gasteiger partial charge in [0.2, 0.25) is 0 Å². The number of rotatable bonds is 6. The molecule has 3 heteroatoms. The number of benzene rings is 1. The maximum atomic E-state index is 11.7. The number of esters is 1. The van der Waals surface area contributed by atoms with Crippen molar-refractivity contribution in [2.45, 2.75) is 66.4 Å². The van der Waals surface area contributed by atoms with Crippen molar-refractivity contribution in [3.05, 3.63) is 33.9 Å². The predicted octanol–water partition coefficient (Wildman–Crippen LogP) is 4.74. The minimum absolute atomic E-state index is 0.105. The maximum Gasteiger partial charge on any atom is 0.306 e. The first-order valence-corrected chi connectivity index (χ1v) is 8.76. The van der Waals surface area contributed by atoms with Gasteiger partial charge in [0, 0.05) is 12.3 Å². The minimum atomic E-state index is -0.105. The second-order valence-corrected chi connectivity index (χ2v) is 7.53. The Balaban J connectivity index is 2.34. The molecule has 0 radical (unpaired) electrons. The average Bonchev–Trinajstić information content (AvgIpc) is 2.73. The standard InChI is InChI=1S/C19H27ClO2/c1-5-6-18(21)22-12-17-15(7-8-20)13(2)9-14-10-19(3,4)11-16(14)17/h9H,5-8,10-12H2,1-4H3. The Morgan fingerprint density at radius 2 is 2.05 bits per heavy atom. The molecular weight excluding hydrogens is 296 g/mol. The van der Waals surface area contributed by atoms with Gasteiger partial charge in [-0.25, -0.2) is 0 Å². The van der Waals surface area contributed by atoms with E-state index in [0.29, 0.717) is 18.9 Å². The average molecular weight is 323 g/mol. The van der Waals surface area contributed by atoms with Gasteiger partial charge < -0.3 is 4.74 Å². The first kappa shape index (κ1) is 17.3. The van der Waals surface area contributed by atoms with Gasteiger partial charge in [-0.05, 0) is 65.8 Å². The number of halogens is 1. The summed E-state index contributed by atoms with van der Waals surface area (Å²) in [5.74, 6) is 0.491. The highest BCUT2D eigenvalue weighted by Crippen LogP contribution is 2.40. The van der Waals surface area contributed by atoms with Gasteiger partial charge in [0.05, 0.1) is 0 Å². The summed E-state index contributed by atoms with van der Waals surface area (Å²) in [4.78, 5) is 11.7. The van der Waals surface area contributed by atoms with E-state index in [0.717, 1.165) is 25.7 Å². The highest BCUT2D eigenvalue weighted by Gasteiger charge is 2.31. The Hall–Kier alpha value is -1.02. The summed E-state index contributed by atoms with van der Waals surface area (Å²) in [7, 11) is 0. The van der Waals surface area contributed by atoms with Gasteiger partial charge in [0.15, 0.2) is 0 Å². The number of carbonyl (C=O) groups excluding carboxylic acids is 1. The number of alkyl halides is 1. The van der Waals surface area contributed by atoms with Crippen LogP contribution in [0.25, 0.3) is 0 Å². The summed E-state index contributed by atoms with van der Waals surface area (Å²) in [6, 6.07) is 2.31. The zero-order chi connectivity index (χ0) is 16.3. The third kappa shape index (κ3) is 3.84. The molecule has 0 amide bonds. The minimum Gasteiger partial charge on any atom is -0.461 e. The summed E-state index contributed by atoms with van der Waals surface area (Å²) >= 11 is 5.99. The van der Waals surface area contributed by atoms with Gasteiger partial charge in [-0.3, -0.25) is 4.79 Å². The third-order valence-corrected chi connectivity index (χ3v) is 4.67. The quantitative estimate of drug-likeness (QED) is 0.558. The maximum absolute atomic E-state index is 11.7. The SMILES string of the molecule is CCCC(=O)OCc1c(CCCl)c(C)cc2c1CC(C)(C)C2. The lowest BCUT2D eigenvalue weighted by Gasteiger charge is -2.18. The van der Waals surface area contributed by atoms with Crippen molar-refractivity contribution < 1.29 is 9.53 Å². The van der Waals surface area contributed by atoms with Crippen LogP contribution in [0, 0.1) is 12.3 Å². The zero-order valence-electron chi connectivity index (χ0n) is 14.2. The Kier molecular flexibility index (Phi) is 5.55. The molecular formula is C19H27ClO2. The number of fused-ring (bicyclic) bond motifs is 1. The van der Waals surface area contributed by atoms with Crippen LogP contribution in [-0.4, -0.2) is 11.8 Å². The summed E-state index contributed by atoms with van der Waals surface area (Å²) in [6.07, 6.45) is 4.30. The fourth-order valence-electron chi connectivity index (χ4n) is 3.53. The van der Waals surface area contributed by atoms with E-state index in [2.05, 4.69) is 26.8 Å². The highest BCUT2D eigenvalue weighted by molar-refractivity contribution is 6.18. The summed E-state index contributed by atoms with van der Waals surface area (Å²) in [5, 5.41) is 0. The van der Waals surface area contributed by atoms with Crippen LogP contribution in [0.4, 0.5) is 0 Å². The van der Waals surface area contributed by atoms with Gasteiger partial charge in [0.1, 0.15) is 6.61 Å². The van der Waals surface area contributed by atoms with Crippen LogP contribution >= 0.6 is 11.6 Å². The molecule has 0 aromatic heterocycles. The van der Waals surface area contributed by atoms with Crippen molar-refractivity contribution in [3.63, 3.8) is 0 Å². The number of hydrogen-bond acceptors (Lipinski definition) is 2. The molecule has 2 nitrogen and oxygen atoms in total. The number of aryl methyl sites for hydroxylation is 1. The molecule has 2 rings (SSSR count). The second kappa shape index (κ2) is 7.04. The van der Waals surface area contributed by atoms with Gasteiger partial charge in [-0.1, -0.05) is 26.8 Å². The van der Waals surface area contributed by atoms with Gasteiger partial charge in [0.25, 0.3) is 0 Å². The van der Waals surface area contributed by atoms with Gasteiger partial charge in [-0.15, -0.1) is 11.6 Å². The smallest absolute Gasteiger partial charge is 0.306 e. The third-order valence-electron chi connectivity index (χ3n) is 4.48. The molecule has 1 aliphatic rings. The first-order valence-electron chi connectivity index (χ1n) is 8.22. The predicted molar refractivity (Wildman–Crippen MR) is 91.5 cm³/mol. The fraction of sp³-hybridized carbons (Fsp3) is 0.632. The summed E-state index contributed by atoms with van der Waals surface area (Å²) in [5.41, 5.74) is 6.86. The zero-order valence-corrected chi connectivity index (χ0v) is 15.0. The fourth-order valence-corrected chi connectivity index (χ4v) is 3.72. The molecule has 0 fully saturated rings. The van der Waals surface area contributed by atoms with Crippen molar-refractivity contribution in [3.8, 4) is 0 Å². The van der Waals surface area contributed by atoms with Gasteiger partial charge in [-0.2, -0.15) is 0 Å². The van der Waals surface area contributed by atoms with Crippen molar-refractivity contribution in [2.75, 3.05) is 5.88 Å². The van der Waals surface area contributed by atoms with Crippen LogP contribution in [0.1, 0.15) is 61.4 Å². The van der Waals surface area contributed by atoms with Crippen LogP contribution in [0.15, 0.2) is 6.07 Å². The Bertz CT molecular complexity index is 561. The molecule has 122 valence electrons. The van der Waals surface area contributed by atoms with Crippen molar-refractivity contribution in [1.82, 2.24) is 0 Å². The van der Waals surface area contributed by atoms with Crippen LogP contribution in [0.3, 0.4) is 0 Å². The highest BCUT2D eigenvalue weighted by atomic mass is 35.5. The van der Waals surface area contributed by atoms with Crippen molar-refractivity contribution in [2.24, 2.45) is 5.41 Å². The molecule has 1 aromatic rings. The van der Waals surface area contributed by atoms with E-state index >= 15 is 0 Å². The molecule has 0 saturated carbocycles. The lowest BCUT2D eigenvalue weighted by molar-refractivity contribution is -0.145. The van der Waals surface area contributed by atoms with E-state index in [9.17, 15) is 4.79 Å². The lowest BCUT2D eigenvalue weighted by Crippen LogP contribution is -2.12. The summed E-state index contributed by atoms with van der Waals surface area (Å²) < 4.78 is 5.52. The first-order chi connectivity index (χ1) is 10.4. The Morgan fingerprint density at radius 1 is 1.32 bits per heavy atom. The van der Waals surface area contributed by atoms with Crippen LogP contribution < -0.4 is 0 Å². The number of carbonyl (C=O) groups is 1. The molecule has 0 N–H and O–H groups in total. The Labute approximate surface area is 139 Å². The molecule has 0 atom stereocenters. The molecule has 0 spiro atoms. The van der Waals surface area contributed by atoms with E-state index in [-0.39, 0.29) is 11.4 Å². The molecule has 0 bridgehead atoms. The molecule has 1 aromatic carbocycles. The molecule has 22 heavy (non-hydrogen) atoms. The van der Waals surface area contributed by atoms with E-state index in [4.69, 9.17) is 16.3 Å². The van der Waals surface area contributed by atoms with Gasteiger partial charge >= 0.3 is 5.97 Å². The van der Waals surface area contributed by atoms with E-state index < -0.39 is 0 Å². The van der Waals surface area contributed by atoms with Crippen molar-refractivity contribution >= 4 is 17.6 Å². The number of hydrogen-bond donors (Lipinski definition) is 0. The normalized spacial score (nSPS) is 15.7. The van der Waals surface area contributed by atoms with E-state index in [1.807, 2.05) is 6.92 Å². The molecule has 0 unspecified atom stereocenters. The number of ether oxygens (including phenoxy) is 1. The van der Waals surface area contributed by atoms with Crippen molar-refractivity contribution in [1.29, 1.82) is 0 Å². The second-order valence-electron chi connectivity index (χ2n) is 7.16. The molecule has 0 saturated heterocycles. The monoisotopic (exact) mass is 322 g/mol.